The third-order valence-electron chi connectivity index (χ3n) is 7.15. The molecule has 0 aromatic rings. The molecule has 1 amide bonds. The number of rotatable bonds is 3. The Hall–Kier alpha value is -0.570. The van der Waals surface area contributed by atoms with Crippen LogP contribution >= 0.6 is 0 Å². The highest BCUT2D eigenvalue weighted by Gasteiger charge is 2.63. The molecule has 1 aliphatic heterocycles. The summed E-state index contributed by atoms with van der Waals surface area (Å²) in [6.07, 6.45) is 8.80. The van der Waals surface area contributed by atoms with Crippen molar-refractivity contribution in [3.8, 4) is 0 Å². The van der Waals surface area contributed by atoms with Crippen molar-refractivity contribution in [2.45, 2.75) is 58.8 Å². The Labute approximate surface area is 135 Å². The van der Waals surface area contributed by atoms with E-state index in [4.69, 9.17) is 0 Å². The number of carbonyl (C=O) groups is 1. The normalized spacial score (nSPS) is 49.9. The van der Waals surface area contributed by atoms with Crippen molar-refractivity contribution in [3.05, 3.63) is 0 Å². The van der Waals surface area contributed by atoms with Crippen molar-refractivity contribution in [2.24, 2.45) is 28.1 Å². The summed E-state index contributed by atoms with van der Waals surface area (Å²) in [7, 11) is 2.02. The molecule has 124 valence electrons. The largest absolute Gasteiger partial charge is 0.342 e. The van der Waals surface area contributed by atoms with E-state index in [2.05, 4.69) is 24.1 Å². The van der Waals surface area contributed by atoms with Crippen LogP contribution in [-0.2, 0) is 4.79 Å². The van der Waals surface area contributed by atoms with E-state index < -0.39 is 0 Å². The van der Waals surface area contributed by atoms with Gasteiger partial charge in [0, 0.05) is 13.1 Å². The molecule has 3 heteroatoms. The van der Waals surface area contributed by atoms with Gasteiger partial charge in [0.25, 0.3) is 0 Å². The lowest BCUT2D eigenvalue weighted by molar-refractivity contribution is -0.178. The van der Waals surface area contributed by atoms with E-state index in [1.165, 1.54) is 32.1 Å². The number of carbonyl (C=O) groups excluding carboxylic acids is 1. The van der Waals surface area contributed by atoms with Crippen molar-refractivity contribution >= 4 is 5.91 Å². The summed E-state index contributed by atoms with van der Waals surface area (Å²) in [6, 6.07) is 0. The lowest BCUT2D eigenvalue weighted by Crippen LogP contribution is -2.60. The predicted octanol–water partition coefficient (Wildman–Crippen LogP) is 3.05. The van der Waals surface area contributed by atoms with Crippen LogP contribution in [0.2, 0.25) is 0 Å². The summed E-state index contributed by atoms with van der Waals surface area (Å²) in [5.41, 5.74) is 0.874. The van der Waals surface area contributed by atoms with Crippen LogP contribution in [0.4, 0.5) is 0 Å². The van der Waals surface area contributed by atoms with E-state index in [1.807, 2.05) is 7.05 Å². The monoisotopic (exact) mass is 304 g/mol. The average molecular weight is 304 g/mol. The smallest absolute Gasteiger partial charge is 0.228 e. The SMILES string of the molecule is CNCC1CCN(C(=O)C23CC4CC(C)(CC(C)(C4)C2)C3)C1. The number of hydrogen-bond donors (Lipinski definition) is 1. The van der Waals surface area contributed by atoms with E-state index in [0.29, 0.717) is 22.7 Å². The number of likely N-dealkylation sites (tertiary alicyclic amines) is 1. The van der Waals surface area contributed by atoms with Gasteiger partial charge in [0.05, 0.1) is 5.41 Å². The van der Waals surface area contributed by atoms with Gasteiger partial charge in [-0.2, -0.15) is 0 Å². The second-order valence-corrected chi connectivity index (χ2v) is 9.87. The molecule has 3 nitrogen and oxygen atoms in total. The topological polar surface area (TPSA) is 32.3 Å². The first kappa shape index (κ1) is 15.0. The molecule has 4 aliphatic carbocycles. The van der Waals surface area contributed by atoms with E-state index >= 15 is 0 Å². The fourth-order valence-electron chi connectivity index (χ4n) is 7.49. The van der Waals surface area contributed by atoms with Crippen molar-refractivity contribution in [3.63, 3.8) is 0 Å². The number of amides is 1. The predicted molar refractivity (Wildman–Crippen MR) is 88.5 cm³/mol. The molecule has 3 atom stereocenters. The molecule has 4 saturated carbocycles. The van der Waals surface area contributed by atoms with Crippen molar-refractivity contribution < 1.29 is 4.79 Å². The van der Waals surface area contributed by atoms with Gasteiger partial charge in [-0.25, -0.2) is 0 Å². The van der Waals surface area contributed by atoms with Gasteiger partial charge in [-0.3, -0.25) is 4.79 Å². The van der Waals surface area contributed by atoms with Crippen LogP contribution in [0.15, 0.2) is 0 Å². The van der Waals surface area contributed by atoms with Gasteiger partial charge < -0.3 is 10.2 Å². The summed E-state index contributed by atoms with van der Waals surface area (Å²) >= 11 is 0. The first-order chi connectivity index (χ1) is 10.4. The minimum atomic E-state index is -0.00253. The Morgan fingerprint density at radius 2 is 1.82 bits per heavy atom. The fourth-order valence-corrected chi connectivity index (χ4v) is 7.49. The zero-order chi connectivity index (χ0) is 15.6. The molecule has 5 aliphatic rings. The maximum absolute atomic E-state index is 13.4. The van der Waals surface area contributed by atoms with Gasteiger partial charge in [-0.1, -0.05) is 13.8 Å². The Kier molecular flexibility index (Phi) is 3.21. The van der Waals surface area contributed by atoms with Crippen LogP contribution < -0.4 is 5.32 Å². The molecule has 1 N–H and O–H groups in total. The first-order valence-electron chi connectivity index (χ1n) is 9.30. The van der Waals surface area contributed by atoms with Crippen molar-refractivity contribution in [1.82, 2.24) is 10.2 Å². The summed E-state index contributed by atoms with van der Waals surface area (Å²) in [4.78, 5) is 15.7. The Morgan fingerprint density at radius 3 is 2.41 bits per heavy atom. The minimum absolute atomic E-state index is 0.00253. The summed E-state index contributed by atoms with van der Waals surface area (Å²) in [5.74, 6) is 1.99. The minimum Gasteiger partial charge on any atom is -0.342 e. The highest BCUT2D eigenvalue weighted by molar-refractivity contribution is 5.83. The van der Waals surface area contributed by atoms with Crippen molar-refractivity contribution in [1.29, 1.82) is 0 Å². The molecule has 0 spiro atoms. The van der Waals surface area contributed by atoms with E-state index in [1.54, 1.807) is 0 Å². The number of hydrogen-bond acceptors (Lipinski definition) is 2. The van der Waals surface area contributed by atoms with Crippen LogP contribution in [0, 0.1) is 28.1 Å². The number of nitrogens with zero attached hydrogens (tertiary/aromatic N) is 1. The van der Waals surface area contributed by atoms with E-state index in [9.17, 15) is 4.79 Å². The molecule has 1 saturated heterocycles. The summed E-state index contributed by atoms with van der Waals surface area (Å²) in [6.45, 7) is 7.95. The summed E-state index contributed by atoms with van der Waals surface area (Å²) in [5, 5.41) is 3.28. The molecule has 5 fully saturated rings. The van der Waals surface area contributed by atoms with Crippen molar-refractivity contribution in [2.75, 3.05) is 26.7 Å². The molecular formula is C19H32N2O. The van der Waals surface area contributed by atoms with Gasteiger partial charge in [0.2, 0.25) is 5.91 Å². The fraction of sp³-hybridized carbons (Fsp3) is 0.947. The standard InChI is InChI=1S/C19H32N2O/c1-17-6-15-7-18(2,11-17)13-19(8-15,12-17)16(22)21-5-4-14(10-21)9-20-3/h14-15,20H,4-13H2,1-3H3. The maximum Gasteiger partial charge on any atom is 0.228 e. The Morgan fingerprint density at radius 1 is 1.14 bits per heavy atom. The number of nitrogens with one attached hydrogen (secondary N) is 1. The van der Waals surface area contributed by atoms with Gasteiger partial charge >= 0.3 is 0 Å². The third kappa shape index (κ3) is 2.23. The molecule has 4 bridgehead atoms. The molecule has 0 radical (unpaired) electrons. The Bertz CT molecular complexity index is 470. The van der Waals surface area contributed by atoms with Gasteiger partial charge in [-0.05, 0) is 81.2 Å². The van der Waals surface area contributed by atoms with Crippen LogP contribution in [0.25, 0.3) is 0 Å². The lowest BCUT2D eigenvalue weighted by Gasteiger charge is -2.65. The Balaban J connectivity index is 1.56. The van der Waals surface area contributed by atoms with Crippen LogP contribution in [0.3, 0.4) is 0 Å². The highest BCUT2D eigenvalue weighted by atomic mass is 16.2. The van der Waals surface area contributed by atoms with Gasteiger partial charge in [0.15, 0.2) is 0 Å². The molecule has 0 aromatic carbocycles. The second kappa shape index (κ2) is 4.72. The second-order valence-electron chi connectivity index (χ2n) is 9.87. The zero-order valence-corrected chi connectivity index (χ0v) is 14.6. The van der Waals surface area contributed by atoms with Gasteiger partial charge in [0.1, 0.15) is 0 Å². The first-order valence-corrected chi connectivity index (χ1v) is 9.30. The zero-order valence-electron chi connectivity index (χ0n) is 14.6. The lowest BCUT2D eigenvalue weighted by atomic mass is 9.40. The molecule has 0 aromatic heterocycles. The average Bonchev–Trinajstić information content (AvgIpc) is 2.82. The van der Waals surface area contributed by atoms with Crippen LogP contribution in [0.5, 0.6) is 0 Å². The molecule has 22 heavy (non-hydrogen) atoms. The molecule has 1 heterocycles. The molecule has 5 rings (SSSR count). The van der Waals surface area contributed by atoms with E-state index in [0.717, 1.165) is 38.4 Å². The molecule has 3 unspecified atom stereocenters. The van der Waals surface area contributed by atoms with Crippen LogP contribution in [0.1, 0.15) is 58.8 Å². The quantitative estimate of drug-likeness (QED) is 0.869. The van der Waals surface area contributed by atoms with Gasteiger partial charge in [-0.15, -0.1) is 0 Å². The molecular weight excluding hydrogens is 272 g/mol. The maximum atomic E-state index is 13.4. The highest BCUT2D eigenvalue weighted by Crippen LogP contribution is 2.69. The summed E-state index contributed by atoms with van der Waals surface area (Å²) < 4.78 is 0. The third-order valence-corrected chi connectivity index (χ3v) is 7.15. The van der Waals surface area contributed by atoms with Crippen LogP contribution in [-0.4, -0.2) is 37.5 Å². The van der Waals surface area contributed by atoms with E-state index in [-0.39, 0.29) is 5.41 Å².